The summed E-state index contributed by atoms with van der Waals surface area (Å²) in [6.07, 6.45) is 4.55. The van der Waals surface area contributed by atoms with Gasteiger partial charge in [-0.3, -0.25) is 4.99 Å². The lowest BCUT2D eigenvalue weighted by molar-refractivity contribution is 0.00578. The molecule has 0 atom stereocenters. The molecule has 2 aliphatic heterocycles. The molecule has 7 nitrogen and oxygen atoms in total. The van der Waals surface area contributed by atoms with Crippen molar-refractivity contribution in [3.05, 3.63) is 11.7 Å². The minimum absolute atomic E-state index is 0.140. The van der Waals surface area contributed by atoms with Crippen molar-refractivity contribution < 1.29 is 18.8 Å². The number of piperidine rings is 1. The molecule has 0 saturated carbocycles. The number of ether oxygens (including phenoxy) is 1. The van der Waals surface area contributed by atoms with Crippen LogP contribution in [0.4, 0.5) is 4.79 Å². The van der Waals surface area contributed by atoms with E-state index in [2.05, 4.69) is 4.99 Å². The van der Waals surface area contributed by atoms with Crippen LogP contribution in [0, 0.1) is 0 Å². The maximum absolute atomic E-state index is 12.1. The van der Waals surface area contributed by atoms with Crippen LogP contribution in [0.2, 0.25) is 0 Å². The minimum Gasteiger partial charge on any atom is -0.444 e. The second-order valence-corrected chi connectivity index (χ2v) is 9.23. The predicted octanol–water partition coefficient (Wildman–Crippen LogP) is 2.93. The van der Waals surface area contributed by atoms with E-state index in [4.69, 9.17) is 19.8 Å². The highest BCUT2D eigenvalue weighted by atomic mass is 16.7. The molecule has 0 aromatic heterocycles. The third-order valence-electron chi connectivity index (χ3n) is 5.27. The summed E-state index contributed by atoms with van der Waals surface area (Å²) >= 11 is 0. The van der Waals surface area contributed by atoms with E-state index >= 15 is 0 Å². The largest absolute Gasteiger partial charge is 0.497 e. The molecule has 2 saturated heterocycles. The molecule has 2 rings (SSSR count). The zero-order valence-corrected chi connectivity index (χ0v) is 17.7. The first-order valence-corrected chi connectivity index (χ1v) is 9.63. The lowest BCUT2D eigenvalue weighted by atomic mass is 9.79. The molecule has 8 heteroatoms. The van der Waals surface area contributed by atoms with Crippen LogP contribution in [0.3, 0.4) is 0 Å². The predicted molar refractivity (Wildman–Crippen MR) is 108 cm³/mol. The number of amides is 1. The molecular formula is C19H34BN3O4. The van der Waals surface area contributed by atoms with E-state index in [1.807, 2.05) is 48.5 Å². The molecule has 0 unspecified atom stereocenters. The first kappa shape index (κ1) is 21.8. The molecule has 2 aliphatic rings. The van der Waals surface area contributed by atoms with Crippen molar-refractivity contribution in [1.82, 2.24) is 4.90 Å². The lowest BCUT2D eigenvalue weighted by Gasteiger charge is -2.32. The lowest BCUT2D eigenvalue weighted by Crippen LogP contribution is -2.42. The summed E-state index contributed by atoms with van der Waals surface area (Å²) < 4.78 is 17.5. The fourth-order valence-corrected chi connectivity index (χ4v) is 2.88. The first-order chi connectivity index (χ1) is 12.3. The highest BCUT2D eigenvalue weighted by molar-refractivity contribution is 6.60. The molecule has 152 valence electrons. The van der Waals surface area contributed by atoms with Crippen molar-refractivity contribution in [2.24, 2.45) is 10.7 Å². The number of carbonyl (C=O) groups is 1. The molecule has 0 aromatic carbocycles. The second-order valence-electron chi connectivity index (χ2n) is 9.23. The van der Waals surface area contributed by atoms with E-state index in [9.17, 15) is 4.79 Å². The van der Waals surface area contributed by atoms with Crippen molar-refractivity contribution in [2.75, 3.05) is 13.1 Å². The van der Waals surface area contributed by atoms with E-state index in [1.165, 1.54) is 6.20 Å². The summed E-state index contributed by atoms with van der Waals surface area (Å²) in [6, 6.07) is 0.140. The molecule has 0 radical (unpaired) electrons. The molecule has 0 bridgehead atoms. The number of hydrogen-bond donors (Lipinski definition) is 1. The van der Waals surface area contributed by atoms with Crippen LogP contribution in [-0.4, -0.2) is 60.3 Å². The van der Waals surface area contributed by atoms with Crippen molar-refractivity contribution >= 4 is 19.4 Å². The Kier molecular flexibility index (Phi) is 6.31. The minimum atomic E-state index is -0.523. The van der Waals surface area contributed by atoms with Gasteiger partial charge in [0.05, 0.1) is 17.2 Å². The summed E-state index contributed by atoms with van der Waals surface area (Å²) in [6.45, 7) is 14.9. The van der Waals surface area contributed by atoms with Crippen molar-refractivity contribution in [3.63, 3.8) is 0 Å². The number of likely N-dealkylation sites (tertiary alicyclic amines) is 1. The van der Waals surface area contributed by atoms with Crippen molar-refractivity contribution in [2.45, 2.75) is 84.2 Å². The quantitative estimate of drug-likeness (QED) is 0.602. The van der Waals surface area contributed by atoms with Crippen LogP contribution in [-0.2, 0) is 14.0 Å². The van der Waals surface area contributed by atoms with Gasteiger partial charge in [0.2, 0.25) is 0 Å². The first-order valence-electron chi connectivity index (χ1n) is 9.63. The molecular weight excluding hydrogens is 345 g/mol. The Bertz CT molecular complexity index is 587. The topological polar surface area (TPSA) is 86.4 Å². The molecule has 27 heavy (non-hydrogen) atoms. The number of allylic oxidation sites excluding steroid dienone is 1. The van der Waals surface area contributed by atoms with Crippen LogP contribution in [0.5, 0.6) is 0 Å². The van der Waals surface area contributed by atoms with E-state index in [0.717, 1.165) is 12.8 Å². The number of aliphatic imine (C=N–C) groups is 1. The molecule has 2 N–H and O–H groups in total. The number of hydrogen-bond acceptors (Lipinski definition) is 6. The van der Waals surface area contributed by atoms with E-state index in [-0.39, 0.29) is 12.1 Å². The summed E-state index contributed by atoms with van der Waals surface area (Å²) in [4.78, 5) is 18.5. The Morgan fingerprint density at radius 1 is 1.19 bits per heavy atom. The third-order valence-corrected chi connectivity index (χ3v) is 5.27. The average molecular weight is 379 g/mol. The number of nitrogens with zero attached hydrogens (tertiary/aromatic N) is 2. The van der Waals surface area contributed by atoms with Crippen molar-refractivity contribution in [1.29, 1.82) is 0 Å². The SMILES string of the molecule is CC(C)(C)OC(=O)N1CCC(N=C/C(=C\N)B2OC(C)(C)C(C)(C)O2)CC1. The molecule has 0 aliphatic carbocycles. The van der Waals surface area contributed by atoms with Crippen LogP contribution in [0.25, 0.3) is 0 Å². The van der Waals surface area contributed by atoms with Crippen LogP contribution in [0.1, 0.15) is 61.3 Å². The smallest absolute Gasteiger partial charge is 0.444 e. The van der Waals surface area contributed by atoms with E-state index in [0.29, 0.717) is 18.6 Å². The highest BCUT2D eigenvalue weighted by Crippen LogP contribution is 2.38. The summed E-state index contributed by atoms with van der Waals surface area (Å²) in [5.41, 5.74) is 5.18. The van der Waals surface area contributed by atoms with Gasteiger partial charge in [0.1, 0.15) is 5.60 Å². The van der Waals surface area contributed by atoms with Gasteiger partial charge in [-0.15, -0.1) is 0 Å². The third kappa shape index (κ3) is 5.48. The maximum atomic E-state index is 12.1. The summed E-state index contributed by atoms with van der Waals surface area (Å²) in [7, 11) is -0.523. The van der Waals surface area contributed by atoms with Gasteiger partial charge in [0, 0.05) is 24.8 Å². The number of rotatable bonds is 3. The average Bonchev–Trinajstić information content (AvgIpc) is 2.74. The number of carbonyl (C=O) groups excluding carboxylic acids is 1. The van der Waals surface area contributed by atoms with Gasteiger partial charge >= 0.3 is 13.2 Å². The van der Waals surface area contributed by atoms with Gasteiger partial charge in [-0.25, -0.2) is 4.79 Å². The van der Waals surface area contributed by atoms with Crippen molar-refractivity contribution in [3.8, 4) is 0 Å². The summed E-state index contributed by atoms with van der Waals surface area (Å²) in [5.74, 6) is 0. The molecule has 1 amide bonds. The Hall–Kier alpha value is -1.54. The van der Waals surface area contributed by atoms with E-state index < -0.39 is 23.9 Å². The molecule has 0 spiro atoms. The Morgan fingerprint density at radius 3 is 2.15 bits per heavy atom. The monoisotopic (exact) mass is 379 g/mol. The zero-order valence-electron chi connectivity index (χ0n) is 17.7. The maximum Gasteiger partial charge on any atom is 0.497 e. The summed E-state index contributed by atoms with van der Waals surface area (Å²) in [5, 5.41) is 0. The Labute approximate surface area is 163 Å². The second kappa shape index (κ2) is 7.83. The highest BCUT2D eigenvalue weighted by Gasteiger charge is 2.52. The molecule has 0 aromatic rings. The normalized spacial score (nSPS) is 23.9. The van der Waals surface area contributed by atoms with Gasteiger partial charge in [-0.05, 0) is 67.5 Å². The number of nitrogens with two attached hydrogens (primary N) is 1. The van der Waals surface area contributed by atoms with Gasteiger partial charge in [-0.1, -0.05) is 0 Å². The van der Waals surface area contributed by atoms with E-state index in [1.54, 1.807) is 11.1 Å². The molecule has 2 heterocycles. The Balaban J connectivity index is 1.89. The van der Waals surface area contributed by atoms with Gasteiger partial charge in [-0.2, -0.15) is 0 Å². The van der Waals surface area contributed by atoms with Gasteiger partial charge < -0.3 is 24.7 Å². The van der Waals surface area contributed by atoms with Crippen LogP contribution < -0.4 is 5.73 Å². The van der Waals surface area contributed by atoms with Crippen LogP contribution >= 0.6 is 0 Å². The fraction of sp³-hybridized carbons (Fsp3) is 0.789. The van der Waals surface area contributed by atoms with Gasteiger partial charge in [0.25, 0.3) is 0 Å². The molecule has 2 fully saturated rings. The standard InChI is InChI=1S/C19H34BN3O4/c1-17(2,3)25-16(24)23-10-8-15(9-11-23)22-13-14(12-21)20-26-18(4,5)19(6,7)27-20/h12-13,15H,8-11,21H2,1-7H3/b14-12+,22-13?. The van der Waals surface area contributed by atoms with Gasteiger partial charge in [0.15, 0.2) is 0 Å². The zero-order chi connectivity index (χ0) is 20.5. The fourth-order valence-electron chi connectivity index (χ4n) is 2.88. The Morgan fingerprint density at radius 2 is 1.70 bits per heavy atom. The van der Waals surface area contributed by atoms with Crippen LogP contribution in [0.15, 0.2) is 16.7 Å².